The van der Waals surface area contributed by atoms with E-state index < -0.39 is 34.5 Å². The molecule has 0 fully saturated rings. The van der Waals surface area contributed by atoms with Gasteiger partial charge < -0.3 is 4.42 Å². The molecule has 0 saturated heterocycles. The molecule has 1 aromatic heterocycles. The molecule has 0 aliphatic carbocycles. The van der Waals surface area contributed by atoms with Crippen LogP contribution in [-0.4, -0.2) is 0 Å². The van der Waals surface area contributed by atoms with Gasteiger partial charge in [-0.15, -0.1) is 0 Å². The Kier molecular flexibility index (Phi) is 3.53. The van der Waals surface area contributed by atoms with Gasteiger partial charge in [-0.05, 0) is 47.2 Å². The number of benzene rings is 3. The molecule has 0 bridgehead atoms. The molecule has 4 rings (SSSR count). The van der Waals surface area contributed by atoms with E-state index in [4.69, 9.17) is 4.42 Å². The minimum Gasteiger partial charge on any atom is -0.455 e. The van der Waals surface area contributed by atoms with Crippen LogP contribution in [0.25, 0.3) is 32.7 Å². The smallest absolute Gasteiger partial charge is 0.420 e. The summed E-state index contributed by atoms with van der Waals surface area (Å²) in [6.07, 6.45) is -9.28. The Bertz CT molecular complexity index is 1270. The summed E-state index contributed by atoms with van der Waals surface area (Å²) in [6, 6.07) is 8.44. The third-order valence-corrected chi connectivity index (χ3v) is 4.29. The highest BCUT2D eigenvalue weighted by molar-refractivity contribution is 6.00. The molecular weight excluding hydrogens is 374 g/mol. The molecule has 138 valence electrons. The fourth-order valence-electron chi connectivity index (χ4n) is 3.02. The van der Waals surface area contributed by atoms with E-state index >= 15 is 0 Å². The number of para-hydroxylation sites is 1. The molecular formula is C19H8F6O2. The number of hydrogen-bond donors (Lipinski definition) is 0. The van der Waals surface area contributed by atoms with Gasteiger partial charge in [0.25, 0.3) is 0 Å². The zero-order chi connectivity index (χ0) is 19.6. The zero-order valence-electron chi connectivity index (χ0n) is 13.2. The lowest BCUT2D eigenvalue weighted by atomic mass is 10.0. The van der Waals surface area contributed by atoms with E-state index in [-0.39, 0.29) is 21.7 Å². The van der Waals surface area contributed by atoms with Crippen molar-refractivity contribution >= 4 is 32.7 Å². The second-order valence-electron chi connectivity index (χ2n) is 6.02. The van der Waals surface area contributed by atoms with Crippen LogP contribution >= 0.6 is 0 Å². The number of fused-ring (bicyclic) bond motifs is 3. The maximum atomic E-state index is 13.2. The molecule has 0 radical (unpaired) electrons. The van der Waals surface area contributed by atoms with Crippen LogP contribution in [0.15, 0.2) is 57.7 Å². The van der Waals surface area contributed by atoms with E-state index in [2.05, 4.69) is 0 Å². The summed E-state index contributed by atoms with van der Waals surface area (Å²) < 4.78 is 83.6. The minimum atomic E-state index is -4.72. The van der Waals surface area contributed by atoms with E-state index in [1.165, 1.54) is 24.3 Å². The van der Waals surface area contributed by atoms with Gasteiger partial charge >= 0.3 is 12.4 Å². The molecule has 0 aliphatic rings. The molecule has 0 amide bonds. The van der Waals surface area contributed by atoms with Crippen LogP contribution in [0.2, 0.25) is 0 Å². The molecule has 1 heterocycles. The molecule has 0 atom stereocenters. The largest absolute Gasteiger partial charge is 0.455 e. The third kappa shape index (κ3) is 2.81. The Morgan fingerprint density at radius 2 is 1.48 bits per heavy atom. The van der Waals surface area contributed by atoms with E-state index in [0.29, 0.717) is 5.39 Å². The Labute approximate surface area is 146 Å². The van der Waals surface area contributed by atoms with E-state index in [1.54, 1.807) is 0 Å². The summed E-state index contributed by atoms with van der Waals surface area (Å²) in [5.41, 5.74) is -3.45. The van der Waals surface area contributed by atoms with Crippen molar-refractivity contribution in [1.29, 1.82) is 0 Å². The molecule has 8 heteroatoms. The predicted molar refractivity (Wildman–Crippen MR) is 87.5 cm³/mol. The van der Waals surface area contributed by atoms with Gasteiger partial charge in [-0.3, -0.25) is 4.79 Å². The van der Waals surface area contributed by atoms with Crippen molar-refractivity contribution in [2.24, 2.45) is 0 Å². The average Bonchev–Trinajstić information content (AvgIpc) is 2.58. The van der Waals surface area contributed by atoms with Gasteiger partial charge in [0.2, 0.25) is 5.43 Å². The van der Waals surface area contributed by atoms with Crippen molar-refractivity contribution in [2.75, 3.05) is 0 Å². The predicted octanol–water partition coefficient (Wildman–Crippen LogP) is 6.14. The van der Waals surface area contributed by atoms with E-state index in [9.17, 15) is 31.1 Å². The van der Waals surface area contributed by atoms with Crippen LogP contribution in [-0.2, 0) is 12.4 Å². The number of hydrogen-bond acceptors (Lipinski definition) is 2. The summed E-state index contributed by atoms with van der Waals surface area (Å²) >= 11 is 0. The van der Waals surface area contributed by atoms with E-state index in [0.717, 1.165) is 24.3 Å². The topological polar surface area (TPSA) is 30.2 Å². The first-order chi connectivity index (χ1) is 12.6. The van der Waals surface area contributed by atoms with Crippen LogP contribution in [0.5, 0.6) is 0 Å². The Balaban J connectivity index is 2.10. The van der Waals surface area contributed by atoms with Gasteiger partial charge in [-0.1, -0.05) is 12.1 Å². The molecule has 0 aliphatic heterocycles. The first kappa shape index (κ1) is 17.4. The molecule has 0 saturated carbocycles. The van der Waals surface area contributed by atoms with Crippen molar-refractivity contribution in [1.82, 2.24) is 0 Å². The van der Waals surface area contributed by atoms with Crippen molar-refractivity contribution in [2.45, 2.75) is 12.4 Å². The molecule has 4 aromatic rings. The lowest BCUT2D eigenvalue weighted by Crippen LogP contribution is -2.09. The van der Waals surface area contributed by atoms with Crippen LogP contribution in [0.1, 0.15) is 11.1 Å². The first-order valence-corrected chi connectivity index (χ1v) is 7.63. The maximum absolute atomic E-state index is 13.2. The second kappa shape index (κ2) is 5.48. The van der Waals surface area contributed by atoms with Gasteiger partial charge in [0.05, 0.1) is 21.9 Å². The van der Waals surface area contributed by atoms with Crippen LogP contribution in [0.3, 0.4) is 0 Å². The van der Waals surface area contributed by atoms with Crippen molar-refractivity contribution in [3.05, 3.63) is 69.9 Å². The fourth-order valence-corrected chi connectivity index (χ4v) is 3.02. The maximum Gasteiger partial charge on any atom is 0.420 e. The second-order valence-corrected chi connectivity index (χ2v) is 6.02. The van der Waals surface area contributed by atoms with Gasteiger partial charge in [-0.2, -0.15) is 26.3 Å². The van der Waals surface area contributed by atoms with Gasteiger partial charge in [-0.25, -0.2) is 0 Å². The molecule has 0 unspecified atom stereocenters. The SMILES string of the molecule is O=c1c2cc3cc(C(F)(F)F)ccc3cc2oc2c(C(F)(F)F)cccc12. The molecule has 0 N–H and O–H groups in total. The number of rotatable bonds is 0. The summed E-state index contributed by atoms with van der Waals surface area (Å²) in [4.78, 5) is 12.6. The summed E-state index contributed by atoms with van der Waals surface area (Å²) in [5.74, 6) is 0. The lowest BCUT2D eigenvalue weighted by molar-refractivity contribution is -0.138. The number of alkyl halides is 6. The molecule has 3 aromatic carbocycles. The highest BCUT2D eigenvalue weighted by Gasteiger charge is 2.34. The Morgan fingerprint density at radius 3 is 2.15 bits per heavy atom. The van der Waals surface area contributed by atoms with Gasteiger partial charge in [0, 0.05) is 0 Å². The van der Waals surface area contributed by atoms with E-state index in [1.807, 2.05) is 0 Å². The summed E-state index contributed by atoms with van der Waals surface area (Å²) in [5, 5.41) is 0.0655. The normalized spacial score (nSPS) is 13.0. The molecule has 0 spiro atoms. The quantitative estimate of drug-likeness (QED) is 0.270. The summed E-state index contributed by atoms with van der Waals surface area (Å²) in [6.45, 7) is 0. The van der Waals surface area contributed by atoms with Gasteiger partial charge in [0.1, 0.15) is 5.58 Å². The fraction of sp³-hybridized carbons (Fsp3) is 0.105. The standard InChI is InChI=1S/C19H8F6O2/c20-18(21,22)11-5-4-9-8-15-13(7-10(9)6-11)16(26)12-2-1-3-14(17(12)27-15)19(23,24)25/h1-8H. The highest BCUT2D eigenvalue weighted by atomic mass is 19.4. The summed E-state index contributed by atoms with van der Waals surface area (Å²) in [7, 11) is 0. The number of halogens is 6. The van der Waals surface area contributed by atoms with Gasteiger partial charge in [0.15, 0.2) is 5.58 Å². The Morgan fingerprint density at radius 1 is 0.741 bits per heavy atom. The Hall–Kier alpha value is -3.03. The van der Waals surface area contributed by atoms with Crippen molar-refractivity contribution < 1.29 is 30.8 Å². The average molecular weight is 382 g/mol. The highest BCUT2D eigenvalue weighted by Crippen LogP contribution is 2.36. The molecule has 27 heavy (non-hydrogen) atoms. The monoisotopic (exact) mass is 382 g/mol. The lowest BCUT2D eigenvalue weighted by Gasteiger charge is -2.11. The minimum absolute atomic E-state index is 0.0892. The zero-order valence-corrected chi connectivity index (χ0v) is 13.2. The van der Waals surface area contributed by atoms with Crippen molar-refractivity contribution in [3.63, 3.8) is 0 Å². The molecule has 2 nitrogen and oxygen atoms in total. The third-order valence-electron chi connectivity index (χ3n) is 4.29. The van der Waals surface area contributed by atoms with Crippen molar-refractivity contribution in [3.8, 4) is 0 Å². The van der Waals surface area contributed by atoms with Crippen LogP contribution in [0, 0.1) is 0 Å². The van der Waals surface area contributed by atoms with Crippen LogP contribution < -0.4 is 5.43 Å². The first-order valence-electron chi connectivity index (χ1n) is 7.63. The van der Waals surface area contributed by atoms with Crippen LogP contribution in [0.4, 0.5) is 26.3 Å².